The topological polar surface area (TPSA) is 67.4 Å². The average molecular weight is 326 g/mol. The van der Waals surface area contributed by atoms with Crippen molar-refractivity contribution in [3.05, 3.63) is 47.4 Å². The Morgan fingerprint density at radius 3 is 3.00 bits per heavy atom. The van der Waals surface area contributed by atoms with Crippen molar-refractivity contribution in [2.24, 2.45) is 0 Å². The number of nitrogens with zero attached hydrogens (tertiary/aromatic N) is 3. The number of ether oxygens (including phenoxy) is 1. The number of aryl methyl sites for hydroxylation is 1. The van der Waals surface area contributed by atoms with Crippen molar-refractivity contribution in [1.82, 2.24) is 14.9 Å². The van der Waals surface area contributed by atoms with E-state index in [1.165, 1.54) is 7.11 Å². The van der Waals surface area contributed by atoms with Gasteiger partial charge in [0.2, 0.25) is 5.88 Å². The highest BCUT2D eigenvalue weighted by Crippen LogP contribution is 2.29. The summed E-state index contributed by atoms with van der Waals surface area (Å²) in [5.41, 5.74) is 3.58. The number of methoxy groups -OCH3 is 1. The Bertz CT molecular complexity index is 748. The van der Waals surface area contributed by atoms with Crippen LogP contribution in [0.1, 0.15) is 34.1 Å². The fourth-order valence-electron chi connectivity index (χ4n) is 3.12. The smallest absolute Gasteiger partial charge is 0.259 e. The van der Waals surface area contributed by atoms with Gasteiger partial charge in [-0.25, -0.2) is 4.98 Å². The Morgan fingerprint density at radius 1 is 1.42 bits per heavy atom. The molecule has 1 N–H and O–H groups in total. The molecule has 0 saturated carbocycles. The molecule has 6 heteroatoms. The van der Waals surface area contributed by atoms with Crippen molar-refractivity contribution in [2.75, 3.05) is 32.6 Å². The number of hydrogen-bond donors (Lipinski definition) is 1. The summed E-state index contributed by atoms with van der Waals surface area (Å²) in [4.78, 5) is 23.4. The monoisotopic (exact) mass is 326 g/mol. The van der Waals surface area contributed by atoms with Crippen LogP contribution < -0.4 is 10.1 Å². The molecular formula is C18H22N4O2. The highest BCUT2D eigenvalue weighted by atomic mass is 16.5. The lowest BCUT2D eigenvalue weighted by atomic mass is 10.0. The van der Waals surface area contributed by atoms with Crippen LogP contribution in [0.2, 0.25) is 0 Å². The van der Waals surface area contributed by atoms with Crippen LogP contribution in [0.3, 0.4) is 0 Å². The molecule has 6 nitrogen and oxygen atoms in total. The molecule has 2 aromatic rings. The number of pyridine rings is 2. The molecule has 3 heterocycles. The molecule has 0 radical (unpaired) electrons. The standard InChI is InChI=1S/C18H22N4O2/c1-12-9-14(19-2)10-16(21-12)13-6-8-22(11-13)18(23)15-5-4-7-20-17(15)24-3/h4-5,7,9-10,13H,6,8,11H2,1-3H3,(H,19,21)/t13-/m1/s1. The first-order chi connectivity index (χ1) is 11.6. The van der Waals surface area contributed by atoms with Gasteiger partial charge in [0, 0.05) is 49.3 Å². The number of nitrogens with one attached hydrogen (secondary N) is 1. The third-order valence-electron chi connectivity index (χ3n) is 4.35. The minimum atomic E-state index is -0.0380. The van der Waals surface area contributed by atoms with Crippen molar-refractivity contribution in [3.8, 4) is 5.88 Å². The Morgan fingerprint density at radius 2 is 2.25 bits per heavy atom. The normalized spacial score (nSPS) is 17.0. The van der Waals surface area contributed by atoms with Gasteiger partial charge in [-0.3, -0.25) is 9.78 Å². The van der Waals surface area contributed by atoms with Gasteiger partial charge in [0.05, 0.1) is 7.11 Å². The summed E-state index contributed by atoms with van der Waals surface area (Å²) in [6, 6.07) is 7.59. The van der Waals surface area contributed by atoms with Gasteiger partial charge in [-0.05, 0) is 37.6 Å². The Balaban J connectivity index is 1.78. The summed E-state index contributed by atoms with van der Waals surface area (Å²) in [6.07, 6.45) is 2.53. The van der Waals surface area contributed by atoms with E-state index < -0.39 is 0 Å². The minimum absolute atomic E-state index is 0.0380. The molecule has 24 heavy (non-hydrogen) atoms. The number of rotatable bonds is 4. The van der Waals surface area contributed by atoms with Crippen LogP contribution in [-0.2, 0) is 0 Å². The molecule has 1 fully saturated rings. The number of hydrogen-bond acceptors (Lipinski definition) is 5. The van der Waals surface area contributed by atoms with Gasteiger partial charge in [-0.1, -0.05) is 0 Å². The van der Waals surface area contributed by atoms with E-state index >= 15 is 0 Å². The molecule has 1 aliphatic rings. The molecule has 0 aromatic carbocycles. The van der Waals surface area contributed by atoms with Crippen molar-refractivity contribution in [2.45, 2.75) is 19.3 Å². The third kappa shape index (κ3) is 3.18. The number of anilines is 1. The van der Waals surface area contributed by atoms with Crippen molar-refractivity contribution in [1.29, 1.82) is 0 Å². The lowest BCUT2D eigenvalue weighted by molar-refractivity contribution is 0.0786. The largest absolute Gasteiger partial charge is 0.480 e. The van der Waals surface area contributed by atoms with E-state index in [1.54, 1.807) is 18.3 Å². The van der Waals surface area contributed by atoms with Gasteiger partial charge < -0.3 is 15.0 Å². The maximum Gasteiger partial charge on any atom is 0.259 e. The molecule has 2 aromatic heterocycles. The molecule has 0 aliphatic carbocycles. The Kier molecular flexibility index (Phi) is 4.64. The Labute approximate surface area is 141 Å². The minimum Gasteiger partial charge on any atom is -0.480 e. The number of carbonyl (C=O) groups is 1. The highest BCUT2D eigenvalue weighted by Gasteiger charge is 2.30. The van der Waals surface area contributed by atoms with Crippen LogP contribution in [0, 0.1) is 6.92 Å². The van der Waals surface area contributed by atoms with E-state index in [9.17, 15) is 4.79 Å². The summed E-state index contributed by atoms with van der Waals surface area (Å²) in [5, 5.41) is 3.16. The number of amides is 1. The number of likely N-dealkylation sites (tertiary alicyclic amines) is 1. The van der Waals surface area contributed by atoms with E-state index in [4.69, 9.17) is 4.74 Å². The van der Waals surface area contributed by atoms with Crippen LogP contribution >= 0.6 is 0 Å². The molecule has 3 rings (SSSR count). The second kappa shape index (κ2) is 6.86. The first kappa shape index (κ1) is 16.2. The number of carbonyl (C=O) groups excluding carboxylic acids is 1. The highest BCUT2D eigenvalue weighted by molar-refractivity contribution is 5.96. The molecule has 0 spiro atoms. The summed E-state index contributed by atoms with van der Waals surface area (Å²) in [5.74, 6) is 0.588. The van der Waals surface area contributed by atoms with E-state index in [0.29, 0.717) is 24.5 Å². The summed E-state index contributed by atoms with van der Waals surface area (Å²) in [7, 11) is 3.43. The van der Waals surface area contributed by atoms with Gasteiger partial charge in [-0.15, -0.1) is 0 Å². The summed E-state index contributed by atoms with van der Waals surface area (Å²) in [6.45, 7) is 3.37. The fourth-order valence-corrected chi connectivity index (χ4v) is 3.12. The van der Waals surface area contributed by atoms with Gasteiger partial charge in [-0.2, -0.15) is 0 Å². The van der Waals surface area contributed by atoms with Gasteiger partial charge in [0.1, 0.15) is 5.56 Å². The summed E-state index contributed by atoms with van der Waals surface area (Å²) >= 11 is 0. The van der Waals surface area contributed by atoms with Crippen LogP contribution in [0.5, 0.6) is 5.88 Å². The first-order valence-corrected chi connectivity index (χ1v) is 8.07. The Hall–Kier alpha value is -2.63. The zero-order valence-electron chi connectivity index (χ0n) is 14.2. The fraction of sp³-hybridized carbons (Fsp3) is 0.389. The van der Waals surface area contributed by atoms with Crippen molar-refractivity contribution in [3.63, 3.8) is 0 Å². The van der Waals surface area contributed by atoms with Crippen LogP contribution in [0.25, 0.3) is 0 Å². The lowest BCUT2D eigenvalue weighted by Crippen LogP contribution is -2.29. The maximum atomic E-state index is 12.8. The van der Waals surface area contributed by atoms with E-state index in [2.05, 4.69) is 21.4 Å². The maximum absolute atomic E-state index is 12.8. The molecule has 0 bridgehead atoms. The molecule has 1 saturated heterocycles. The lowest BCUT2D eigenvalue weighted by Gasteiger charge is -2.18. The zero-order chi connectivity index (χ0) is 17.1. The SMILES string of the molecule is CNc1cc(C)nc([C@@H]2CCN(C(=O)c3cccnc3OC)C2)c1. The number of aromatic nitrogens is 2. The molecule has 1 atom stereocenters. The van der Waals surface area contributed by atoms with Crippen molar-refractivity contribution >= 4 is 11.6 Å². The first-order valence-electron chi connectivity index (χ1n) is 8.07. The molecular weight excluding hydrogens is 304 g/mol. The second-order valence-corrected chi connectivity index (χ2v) is 5.97. The quantitative estimate of drug-likeness (QED) is 0.935. The van der Waals surface area contributed by atoms with E-state index in [-0.39, 0.29) is 11.8 Å². The van der Waals surface area contributed by atoms with Crippen LogP contribution in [0.15, 0.2) is 30.5 Å². The van der Waals surface area contributed by atoms with E-state index in [1.807, 2.05) is 24.9 Å². The zero-order valence-corrected chi connectivity index (χ0v) is 14.2. The van der Waals surface area contributed by atoms with Gasteiger partial charge in [0.15, 0.2) is 0 Å². The predicted molar refractivity (Wildman–Crippen MR) is 92.6 cm³/mol. The second-order valence-electron chi connectivity index (χ2n) is 5.97. The molecule has 1 amide bonds. The van der Waals surface area contributed by atoms with Crippen molar-refractivity contribution < 1.29 is 9.53 Å². The van der Waals surface area contributed by atoms with Gasteiger partial charge >= 0.3 is 0 Å². The molecule has 0 unspecified atom stereocenters. The molecule has 126 valence electrons. The average Bonchev–Trinajstić information content (AvgIpc) is 3.10. The predicted octanol–water partition coefficient (Wildman–Crippen LogP) is 2.47. The summed E-state index contributed by atoms with van der Waals surface area (Å²) < 4.78 is 5.20. The van der Waals surface area contributed by atoms with Gasteiger partial charge in [0.25, 0.3) is 5.91 Å². The van der Waals surface area contributed by atoms with Crippen LogP contribution in [-0.4, -0.2) is 48.0 Å². The van der Waals surface area contributed by atoms with Crippen LogP contribution in [0.4, 0.5) is 5.69 Å². The third-order valence-corrected chi connectivity index (χ3v) is 4.35. The molecule has 1 aliphatic heterocycles. The van der Waals surface area contributed by atoms with E-state index in [0.717, 1.165) is 23.5 Å².